The molecule has 0 aliphatic heterocycles. The maximum atomic E-state index is 5.98. The summed E-state index contributed by atoms with van der Waals surface area (Å²) in [6.45, 7) is 2.15. The number of rotatable bonds is 9. The standard InChI is InChI=1S/C54H40N2O/c1-37-30-53(55-35-51(37)39-18-8-4-9-19-39)42-28-26-40(27-29-42)46-22-12-13-23-47(46)43-31-44(33-45(32-43)57-2)48-24-14-15-25-49(48)52-36-56-54(41-20-10-5-11-21-41)34-50(52)38-16-6-3-7-17-38/h3-36H,1-2H3. The van der Waals surface area contributed by atoms with E-state index >= 15 is 0 Å². The highest BCUT2D eigenvalue weighted by Gasteiger charge is 2.17. The lowest BCUT2D eigenvalue weighted by molar-refractivity contribution is 0.415. The molecule has 57 heavy (non-hydrogen) atoms. The number of methoxy groups -OCH3 is 1. The summed E-state index contributed by atoms with van der Waals surface area (Å²) in [7, 11) is 1.74. The van der Waals surface area contributed by atoms with Gasteiger partial charge in [0.25, 0.3) is 0 Å². The number of benzene rings is 7. The first kappa shape index (κ1) is 35.3. The van der Waals surface area contributed by atoms with E-state index in [-0.39, 0.29) is 0 Å². The number of aromatic nitrogens is 2. The van der Waals surface area contributed by atoms with Crippen molar-refractivity contribution in [2.75, 3.05) is 7.11 Å². The second kappa shape index (κ2) is 15.8. The topological polar surface area (TPSA) is 35.0 Å². The summed E-state index contributed by atoms with van der Waals surface area (Å²) >= 11 is 0. The second-order valence-corrected chi connectivity index (χ2v) is 14.2. The minimum atomic E-state index is 0.795. The molecule has 0 N–H and O–H groups in total. The summed E-state index contributed by atoms with van der Waals surface area (Å²) in [6, 6.07) is 68.2. The molecule has 2 heterocycles. The van der Waals surface area contributed by atoms with Gasteiger partial charge in [-0.15, -0.1) is 0 Å². The van der Waals surface area contributed by atoms with Gasteiger partial charge in [-0.25, -0.2) is 0 Å². The van der Waals surface area contributed by atoms with E-state index < -0.39 is 0 Å². The van der Waals surface area contributed by atoms with Crippen LogP contribution in [0.25, 0.3) is 89.3 Å². The van der Waals surface area contributed by atoms with Gasteiger partial charge in [0.15, 0.2) is 0 Å². The minimum Gasteiger partial charge on any atom is -0.497 e. The first-order valence-electron chi connectivity index (χ1n) is 19.2. The molecule has 7 aromatic carbocycles. The Labute approximate surface area is 334 Å². The highest BCUT2D eigenvalue weighted by Crippen LogP contribution is 2.43. The molecule has 0 radical (unpaired) electrons. The average molecular weight is 733 g/mol. The predicted octanol–water partition coefficient (Wildman–Crippen LogP) is 14.1. The van der Waals surface area contributed by atoms with Crippen LogP contribution < -0.4 is 4.74 Å². The number of aryl methyl sites for hydroxylation is 1. The third kappa shape index (κ3) is 7.27. The Bertz CT molecular complexity index is 2810. The molecule has 0 spiro atoms. The molecule has 3 nitrogen and oxygen atoms in total. The van der Waals surface area contributed by atoms with Crippen LogP contribution in [0.5, 0.6) is 5.75 Å². The summed E-state index contributed by atoms with van der Waals surface area (Å²) in [4.78, 5) is 9.87. The molecule has 9 aromatic rings. The summed E-state index contributed by atoms with van der Waals surface area (Å²) in [6.07, 6.45) is 4.01. The van der Waals surface area contributed by atoms with Gasteiger partial charge in [-0.05, 0) is 98.5 Å². The van der Waals surface area contributed by atoms with Gasteiger partial charge in [-0.1, -0.05) is 164 Å². The van der Waals surface area contributed by atoms with Crippen molar-refractivity contribution in [1.29, 1.82) is 0 Å². The zero-order valence-electron chi connectivity index (χ0n) is 31.9. The van der Waals surface area contributed by atoms with E-state index in [9.17, 15) is 0 Å². The first-order valence-corrected chi connectivity index (χ1v) is 19.2. The zero-order valence-corrected chi connectivity index (χ0v) is 31.9. The number of ether oxygens (including phenoxy) is 1. The van der Waals surface area contributed by atoms with Crippen molar-refractivity contribution >= 4 is 0 Å². The van der Waals surface area contributed by atoms with Crippen LogP contribution in [0.4, 0.5) is 0 Å². The Balaban J connectivity index is 1.10. The molecule has 3 heteroatoms. The summed E-state index contributed by atoms with van der Waals surface area (Å²) < 4.78 is 5.98. The molecule has 0 saturated carbocycles. The third-order valence-corrected chi connectivity index (χ3v) is 10.7. The smallest absolute Gasteiger partial charge is 0.120 e. The fraction of sp³-hybridized carbons (Fsp3) is 0.0370. The summed E-state index contributed by atoms with van der Waals surface area (Å²) in [5.41, 5.74) is 18.7. The number of nitrogens with zero attached hydrogens (tertiary/aromatic N) is 2. The SMILES string of the molecule is COc1cc(-c2ccccc2-c2ccc(-c3cc(C)c(-c4ccccc4)cn3)cc2)cc(-c2ccccc2-c2cnc(-c3ccccc3)cc2-c2ccccc2)c1. The van der Waals surface area contributed by atoms with E-state index in [0.29, 0.717) is 0 Å². The fourth-order valence-electron chi connectivity index (χ4n) is 7.73. The van der Waals surface area contributed by atoms with E-state index in [2.05, 4.69) is 189 Å². The molecule has 0 aliphatic rings. The number of pyridine rings is 2. The molecule has 0 fully saturated rings. The van der Waals surface area contributed by atoms with Crippen molar-refractivity contribution in [3.05, 3.63) is 212 Å². The van der Waals surface area contributed by atoms with Crippen LogP contribution >= 0.6 is 0 Å². The Morgan fingerprint density at radius 2 is 0.719 bits per heavy atom. The van der Waals surface area contributed by atoms with Gasteiger partial charge < -0.3 is 4.74 Å². The van der Waals surface area contributed by atoms with E-state index in [1.165, 1.54) is 11.1 Å². The normalized spacial score (nSPS) is 11.0. The fourth-order valence-corrected chi connectivity index (χ4v) is 7.73. The van der Waals surface area contributed by atoms with Gasteiger partial charge >= 0.3 is 0 Å². The Hall–Kier alpha value is -7.36. The molecular weight excluding hydrogens is 693 g/mol. The molecule has 2 aromatic heterocycles. The van der Waals surface area contributed by atoms with Crippen molar-refractivity contribution in [3.63, 3.8) is 0 Å². The van der Waals surface area contributed by atoms with E-state index in [0.717, 1.165) is 89.5 Å². The number of hydrogen-bond acceptors (Lipinski definition) is 3. The molecule has 0 atom stereocenters. The lowest BCUT2D eigenvalue weighted by atomic mass is 9.88. The van der Waals surface area contributed by atoms with Crippen molar-refractivity contribution < 1.29 is 4.74 Å². The van der Waals surface area contributed by atoms with Crippen molar-refractivity contribution in [1.82, 2.24) is 9.97 Å². The second-order valence-electron chi connectivity index (χ2n) is 14.2. The molecule has 0 unspecified atom stereocenters. The summed E-state index contributed by atoms with van der Waals surface area (Å²) in [5, 5.41) is 0. The van der Waals surface area contributed by atoms with Crippen LogP contribution in [-0.2, 0) is 0 Å². The van der Waals surface area contributed by atoms with Gasteiger partial charge in [-0.2, -0.15) is 0 Å². The largest absolute Gasteiger partial charge is 0.497 e. The lowest BCUT2D eigenvalue weighted by Gasteiger charge is -2.18. The zero-order chi connectivity index (χ0) is 38.6. The molecule has 272 valence electrons. The van der Waals surface area contributed by atoms with Gasteiger partial charge in [0.05, 0.1) is 18.5 Å². The Kier molecular flexibility index (Phi) is 9.79. The van der Waals surface area contributed by atoms with E-state index in [4.69, 9.17) is 14.7 Å². The van der Waals surface area contributed by atoms with Crippen LogP contribution in [-0.4, -0.2) is 17.1 Å². The third-order valence-electron chi connectivity index (χ3n) is 10.7. The molecule has 0 bridgehead atoms. The first-order chi connectivity index (χ1) is 28.1. The van der Waals surface area contributed by atoms with Gasteiger partial charge in [0.2, 0.25) is 0 Å². The van der Waals surface area contributed by atoms with Gasteiger partial charge in [0.1, 0.15) is 5.75 Å². The van der Waals surface area contributed by atoms with Crippen LogP contribution in [0.1, 0.15) is 5.56 Å². The van der Waals surface area contributed by atoms with Crippen molar-refractivity contribution in [3.8, 4) is 95.0 Å². The predicted molar refractivity (Wildman–Crippen MR) is 237 cm³/mol. The van der Waals surface area contributed by atoms with E-state index in [1.54, 1.807) is 7.11 Å². The Morgan fingerprint density at radius 1 is 0.316 bits per heavy atom. The molecule has 9 rings (SSSR count). The highest BCUT2D eigenvalue weighted by atomic mass is 16.5. The van der Waals surface area contributed by atoms with Crippen LogP contribution in [0.2, 0.25) is 0 Å². The molecule has 0 saturated heterocycles. The van der Waals surface area contributed by atoms with Crippen molar-refractivity contribution in [2.45, 2.75) is 6.92 Å². The molecule has 0 aliphatic carbocycles. The quantitative estimate of drug-likeness (QED) is 0.148. The van der Waals surface area contributed by atoms with Crippen LogP contribution in [0.15, 0.2) is 207 Å². The minimum absolute atomic E-state index is 0.795. The maximum absolute atomic E-state index is 5.98. The van der Waals surface area contributed by atoms with Crippen LogP contribution in [0, 0.1) is 6.92 Å². The van der Waals surface area contributed by atoms with Crippen LogP contribution in [0.3, 0.4) is 0 Å². The maximum Gasteiger partial charge on any atom is 0.120 e. The van der Waals surface area contributed by atoms with E-state index in [1.807, 2.05) is 24.5 Å². The molecule has 0 amide bonds. The Morgan fingerprint density at radius 3 is 1.28 bits per heavy atom. The number of hydrogen-bond donors (Lipinski definition) is 0. The highest BCUT2D eigenvalue weighted by molar-refractivity contribution is 5.94. The monoisotopic (exact) mass is 732 g/mol. The van der Waals surface area contributed by atoms with Gasteiger partial charge in [0, 0.05) is 34.6 Å². The molecular formula is C54H40N2O. The van der Waals surface area contributed by atoms with Crippen molar-refractivity contribution in [2.24, 2.45) is 0 Å². The summed E-state index contributed by atoms with van der Waals surface area (Å²) in [5.74, 6) is 0.795. The average Bonchev–Trinajstić information content (AvgIpc) is 3.29. The van der Waals surface area contributed by atoms with Gasteiger partial charge in [-0.3, -0.25) is 9.97 Å². The lowest BCUT2D eigenvalue weighted by Crippen LogP contribution is -1.94.